The SMILES string of the molecule is CCCOc1ccc(NC(C)c2cccc(F)c2)cc1. The molecule has 0 bridgehead atoms. The van der Waals surface area contributed by atoms with E-state index in [0.717, 1.165) is 30.0 Å². The number of hydrogen-bond acceptors (Lipinski definition) is 2. The number of anilines is 1. The molecule has 0 saturated carbocycles. The molecule has 3 heteroatoms. The summed E-state index contributed by atoms with van der Waals surface area (Å²) in [6.07, 6.45) is 0.997. The Morgan fingerprint density at radius 3 is 2.55 bits per heavy atom. The van der Waals surface area contributed by atoms with Gasteiger partial charge >= 0.3 is 0 Å². The van der Waals surface area contributed by atoms with Crippen LogP contribution >= 0.6 is 0 Å². The average Bonchev–Trinajstić information content (AvgIpc) is 2.46. The van der Waals surface area contributed by atoms with E-state index in [0.29, 0.717) is 0 Å². The zero-order chi connectivity index (χ0) is 14.4. The molecule has 1 atom stereocenters. The van der Waals surface area contributed by atoms with E-state index in [9.17, 15) is 4.39 Å². The fraction of sp³-hybridized carbons (Fsp3) is 0.294. The van der Waals surface area contributed by atoms with Gasteiger partial charge in [0.05, 0.1) is 6.61 Å². The minimum Gasteiger partial charge on any atom is -0.494 e. The second kappa shape index (κ2) is 6.94. The van der Waals surface area contributed by atoms with Gasteiger partial charge in [-0.3, -0.25) is 0 Å². The van der Waals surface area contributed by atoms with E-state index in [1.807, 2.05) is 37.3 Å². The van der Waals surface area contributed by atoms with Gasteiger partial charge in [-0.25, -0.2) is 4.39 Å². The molecule has 1 unspecified atom stereocenters. The van der Waals surface area contributed by atoms with E-state index in [-0.39, 0.29) is 11.9 Å². The first kappa shape index (κ1) is 14.4. The average molecular weight is 273 g/mol. The van der Waals surface area contributed by atoms with Gasteiger partial charge in [0.25, 0.3) is 0 Å². The summed E-state index contributed by atoms with van der Waals surface area (Å²) < 4.78 is 18.7. The minimum atomic E-state index is -0.209. The molecule has 0 aliphatic heterocycles. The second-order valence-electron chi connectivity index (χ2n) is 4.79. The van der Waals surface area contributed by atoms with Gasteiger partial charge in [0.2, 0.25) is 0 Å². The van der Waals surface area contributed by atoms with Crippen LogP contribution in [-0.4, -0.2) is 6.61 Å². The summed E-state index contributed by atoms with van der Waals surface area (Å²) in [5.41, 5.74) is 1.92. The van der Waals surface area contributed by atoms with Gasteiger partial charge in [-0.1, -0.05) is 19.1 Å². The number of ether oxygens (including phenoxy) is 1. The predicted molar refractivity (Wildman–Crippen MR) is 80.7 cm³/mol. The molecule has 0 aliphatic carbocycles. The molecular formula is C17H20FNO. The molecule has 0 amide bonds. The summed E-state index contributed by atoms with van der Waals surface area (Å²) in [6.45, 7) is 4.82. The maximum absolute atomic E-state index is 13.2. The first-order valence-electron chi connectivity index (χ1n) is 6.94. The maximum Gasteiger partial charge on any atom is 0.123 e. The summed E-state index contributed by atoms with van der Waals surface area (Å²) in [5, 5.41) is 3.35. The van der Waals surface area contributed by atoms with Crippen LogP contribution in [-0.2, 0) is 0 Å². The Kier molecular flexibility index (Phi) is 4.99. The quantitative estimate of drug-likeness (QED) is 0.817. The zero-order valence-corrected chi connectivity index (χ0v) is 11.9. The van der Waals surface area contributed by atoms with Gasteiger partial charge in [-0.15, -0.1) is 0 Å². The largest absolute Gasteiger partial charge is 0.494 e. The Morgan fingerprint density at radius 2 is 1.90 bits per heavy atom. The molecule has 0 aliphatic rings. The monoisotopic (exact) mass is 273 g/mol. The Bertz CT molecular complexity index is 539. The third-order valence-electron chi connectivity index (χ3n) is 3.06. The van der Waals surface area contributed by atoms with E-state index >= 15 is 0 Å². The second-order valence-corrected chi connectivity index (χ2v) is 4.79. The lowest BCUT2D eigenvalue weighted by Gasteiger charge is -2.16. The molecule has 20 heavy (non-hydrogen) atoms. The lowest BCUT2D eigenvalue weighted by atomic mass is 10.1. The standard InChI is InChI=1S/C17H20FNO/c1-3-11-20-17-9-7-16(8-10-17)19-13(2)14-5-4-6-15(18)12-14/h4-10,12-13,19H,3,11H2,1-2H3. The van der Waals surface area contributed by atoms with Crippen molar-refractivity contribution in [3.8, 4) is 5.75 Å². The van der Waals surface area contributed by atoms with E-state index in [2.05, 4.69) is 12.2 Å². The molecule has 2 aromatic carbocycles. The highest BCUT2D eigenvalue weighted by Crippen LogP contribution is 2.22. The van der Waals surface area contributed by atoms with Gasteiger partial charge in [-0.2, -0.15) is 0 Å². The molecule has 0 saturated heterocycles. The van der Waals surface area contributed by atoms with Crippen LogP contribution in [0.4, 0.5) is 10.1 Å². The van der Waals surface area contributed by atoms with Crippen molar-refractivity contribution in [2.75, 3.05) is 11.9 Å². The third kappa shape index (κ3) is 3.98. The van der Waals surface area contributed by atoms with E-state index in [1.165, 1.54) is 6.07 Å². The Labute approximate surface area is 119 Å². The topological polar surface area (TPSA) is 21.3 Å². The third-order valence-corrected chi connectivity index (χ3v) is 3.06. The van der Waals surface area contributed by atoms with E-state index in [4.69, 9.17) is 4.74 Å². The number of halogens is 1. The zero-order valence-electron chi connectivity index (χ0n) is 11.9. The first-order chi connectivity index (χ1) is 9.69. The van der Waals surface area contributed by atoms with Crippen LogP contribution in [0.3, 0.4) is 0 Å². The molecule has 0 spiro atoms. The smallest absolute Gasteiger partial charge is 0.123 e. The van der Waals surface area contributed by atoms with E-state index < -0.39 is 0 Å². The van der Waals surface area contributed by atoms with Crippen molar-refractivity contribution in [2.24, 2.45) is 0 Å². The van der Waals surface area contributed by atoms with Crippen LogP contribution in [0, 0.1) is 5.82 Å². The summed E-state index contributed by atoms with van der Waals surface area (Å²) in [7, 11) is 0. The van der Waals surface area contributed by atoms with Crippen LogP contribution in [0.5, 0.6) is 5.75 Å². The van der Waals surface area contributed by atoms with Crippen molar-refractivity contribution < 1.29 is 9.13 Å². The van der Waals surface area contributed by atoms with Crippen molar-refractivity contribution in [2.45, 2.75) is 26.3 Å². The molecular weight excluding hydrogens is 253 g/mol. The normalized spacial score (nSPS) is 11.9. The van der Waals surface area contributed by atoms with Crippen molar-refractivity contribution >= 4 is 5.69 Å². The fourth-order valence-corrected chi connectivity index (χ4v) is 1.98. The summed E-state index contributed by atoms with van der Waals surface area (Å²) in [5.74, 6) is 0.662. The van der Waals surface area contributed by atoms with Crippen molar-refractivity contribution in [3.63, 3.8) is 0 Å². The minimum absolute atomic E-state index is 0.0492. The summed E-state index contributed by atoms with van der Waals surface area (Å²) >= 11 is 0. The highest BCUT2D eigenvalue weighted by molar-refractivity contribution is 5.48. The van der Waals surface area contributed by atoms with Crippen molar-refractivity contribution in [1.82, 2.24) is 0 Å². The molecule has 106 valence electrons. The highest BCUT2D eigenvalue weighted by Gasteiger charge is 2.06. The Balaban J connectivity index is 1.99. The molecule has 0 radical (unpaired) electrons. The van der Waals surface area contributed by atoms with Crippen LogP contribution < -0.4 is 10.1 Å². The lowest BCUT2D eigenvalue weighted by molar-refractivity contribution is 0.317. The Hall–Kier alpha value is -2.03. The van der Waals surface area contributed by atoms with Crippen molar-refractivity contribution in [1.29, 1.82) is 0 Å². The lowest BCUT2D eigenvalue weighted by Crippen LogP contribution is -2.06. The van der Waals surface area contributed by atoms with Crippen LogP contribution in [0.25, 0.3) is 0 Å². The van der Waals surface area contributed by atoms with Gasteiger partial charge < -0.3 is 10.1 Å². The maximum atomic E-state index is 13.2. The highest BCUT2D eigenvalue weighted by atomic mass is 19.1. The molecule has 2 rings (SSSR count). The van der Waals surface area contributed by atoms with E-state index in [1.54, 1.807) is 12.1 Å². The van der Waals surface area contributed by atoms with Crippen molar-refractivity contribution in [3.05, 3.63) is 59.9 Å². The molecule has 0 fully saturated rings. The van der Waals surface area contributed by atoms with Crippen LogP contribution in [0.15, 0.2) is 48.5 Å². The number of benzene rings is 2. The predicted octanol–water partition coefficient (Wildman–Crippen LogP) is 4.79. The molecule has 0 aromatic heterocycles. The molecule has 1 N–H and O–H groups in total. The first-order valence-corrected chi connectivity index (χ1v) is 6.94. The summed E-state index contributed by atoms with van der Waals surface area (Å²) in [4.78, 5) is 0. The molecule has 2 nitrogen and oxygen atoms in total. The van der Waals surface area contributed by atoms with Gasteiger partial charge in [-0.05, 0) is 55.3 Å². The van der Waals surface area contributed by atoms with Crippen LogP contribution in [0.2, 0.25) is 0 Å². The number of nitrogens with one attached hydrogen (secondary N) is 1. The summed E-state index contributed by atoms with van der Waals surface area (Å²) in [6, 6.07) is 14.5. The molecule has 2 aromatic rings. The fourth-order valence-electron chi connectivity index (χ4n) is 1.98. The Morgan fingerprint density at radius 1 is 1.15 bits per heavy atom. The van der Waals surface area contributed by atoms with Crippen LogP contribution in [0.1, 0.15) is 31.9 Å². The van der Waals surface area contributed by atoms with Gasteiger partial charge in [0.15, 0.2) is 0 Å². The molecule has 0 heterocycles. The van der Waals surface area contributed by atoms with Gasteiger partial charge in [0.1, 0.15) is 11.6 Å². The number of hydrogen-bond donors (Lipinski definition) is 1. The van der Waals surface area contributed by atoms with Gasteiger partial charge in [0, 0.05) is 11.7 Å². The number of rotatable bonds is 6.